The fourth-order valence-corrected chi connectivity index (χ4v) is 11.6. The Hall–Kier alpha value is -7.98. The van der Waals surface area contributed by atoms with E-state index >= 15 is 0 Å². The van der Waals surface area contributed by atoms with Crippen LogP contribution in [0.5, 0.6) is 0 Å². The molecule has 2 heterocycles. The Morgan fingerprint density at radius 3 is 1.66 bits per heavy atom. The molecule has 64 heavy (non-hydrogen) atoms. The van der Waals surface area contributed by atoms with E-state index in [1.165, 1.54) is 64.7 Å². The van der Waals surface area contributed by atoms with Gasteiger partial charge in [0.15, 0.2) is 0 Å². The third-order valence-electron chi connectivity index (χ3n) is 13.4. The molecule has 3 heteroatoms. The van der Waals surface area contributed by atoms with Crippen LogP contribution in [-0.2, 0) is 5.41 Å². The highest BCUT2D eigenvalue weighted by atomic mass is 32.1. The standard InChI is InChI=1S/C61H39NOS/c1-4-15-40(16-5-1)41-27-31-45(32-28-41)62(47-35-36-59-52(37-47)50-22-11-13-26-58(50)64-59)46-33-29-42(30-34-46)48-23-14-25-56-60(48)53-38-51-49-21-10-12-24-54(49)61(43-17-6-2-7-18-43,44-19-8-3-9-20-44)55(51)39-57(53)63-56/h1-39H. The predicted molar refractivity (Wildman–Crippen MR) is 269 cm³/mol. The van der Waals surface area contributed by atoms with Gasteiger partial charge in [0.25, 0.3) is 0 Å². The van der Waals surface area contributed by atoms with Crippen molar-refractivity contribution in [3.63, 3.8) is 0 Å². The maximum Gasteiger partial charge on any atom is 0.136 e. The van der Waals surface area contributed by atoms with Crippen LogP contribution < -0.4 is 4.90 Å². The van der Waals surface area contributed by atoms with Gasteiger partial charge in [-0.25, -0.2) is 0 Å². The van der Waals surface area contributed by atoms with E-state index in [0.717, 1.165) is 50.1 Å². The molecule has 0 atom stereocenters. The average molecular weight is 834 g/mol. The molecule has 0 radical (unpaired) electrons. The summed E-state index contributed by atoms with van der Waals surface area (Å²) in [6.07, 6.45) is 0. The van der Waals surface area contributed by atoms with Gasteiger partial charge in [-0.05, 0) is 122 Å². The number of thiophene rings is 1. The Morgan fingerprint density at radius 1 is 0.344 bits per heavy atom. The average Bonchev–Trinajstić information content (AvgIpc) is 4.02. The minimum Gasteiger partial charge on any atom is -0.456 e. The van der Waals surface area contributed by atoms with E-state index < -0.39 is 5.41 Å². The predicted octanol–water partition coefficient (Wildman–Crippen LogP) is 17.1. The molecule has 0 unspecified atom stereocenters. The van der Waals surface area contributed by atoms with Crippen molar-refractivity contribution in [2.75, 3.05) is 4.90 Å². The number of hydrogen-bond donors (Lipinski definition) is 0. The first-order chi connectivity index (χ1) is 31.7. The van der Waals surface area contributed by atoms with E-state index in [9.17, 15) is 0 Å². The molecule has 2 nitrogen and oxygen atoms in total. The van der Waals surface area contributed by atoms with Crippen LogP contribution in [0.15, 0.2) is 241 Å². The largest absolute Gasteiger partial charge is 0.456 e. The number of furan rings is 1. The lowest BCUT2D eigenvalue weighted by molar-refractivity contribution is 0.666. The summed E-state index contributed by atoms with van der Waals surface area (Å²) < 4.78 is 9.47. The normalized spacial score (nSPS) is 12.8. The second kappa shape index (κ2) is 14.6. The zero-order valence-corrected chi connectivity index (χ0v) is 35.6. The van der Waals surface area contributed by atoms with Gasteiger partial charge >= 0.3 is 0 Å². The Balaban J connectivity index is 0.956. The van der Waals surface area contributed by atoms with Gasteiger partial charge in [0.1, 0.15) is 11.2 Å². The Kier molecular flexibility index (Phi) is 8.34. The summed E-state index contributed by atoms with van der Waals surface area (Å²) in [5.41, 5.74) is 16.8. The zero-order valence-electron chi connectivity index (χ0n) is 34.8. The molecule has 0 saturated carbocycles. The van der Waals surface area contributed by atoms with Gasteiger partial charge in [-0.2, -0.15) is 0 Å². The van der Waals surface area contributed by atoms with Crippen molar-refractivity contribution in [3.05, 3.63) is 259 Å². The maximum atomic E-state index is 6.87. The quantitative estimate of drug-likeness (QED) is 0.159. The summed E-state index contributed by atoms with van der Waals surface area (Å²) in [5.74, 6) is 0. The molecule has 2 aromatic heterocycles. The molecule has 12 aromatic rings. The van der Waals surface area contributed by atoms with Crippen LogP contribution in [0.2, 0.25) is 0 Å². The summed E-state index contributed by atoms with van der Waals surface area (Å²) in [6.45, 7) is 0. The Morgan fingerprint density at radius 2 is 0.922 bits per heavy atom. The molecule has 10 aromatic carbocycles. The summed E-state index contributed by atoms with van der Waals surface area (Å²) in [5, 5.41) is 4.82. The lowest BCUT2D eigenvalue weighted by atomic mass is 9.67. The van der Waals surface area contributed by atoms with Gasteiger partial charge < -0.3 is 9.32 Å². The molecule has 0 N–H and O–H groups in total. The maximum absolute atomic E-state index is 6.87. The van der Waals surface area contributed by atoms with E-state index in [0.29, 0.717) is 0 Å². The minimum atomic E-state index is -0.491. The molecule has 1 aliphatic rings. The summed E-state index contributed by atoms with van der Waals surface area (Å²) in [6, 6.07) is 86.3. The lowest BCUT2D eigenvalue weighted by Crippen LogP contribution is -2.28. The molecular weight excluding hydrogens is 795 g/mol. The van der Waals surface area contributed by atoms with Gasteiger partial charge in [0.2, 0.25) is 0 Å². The molecule has 300 valence electrons. The van der Waals surface area contributed by atoms with Crippen molar-refractivity contribution in [1.29, 1.82) is 0 Å². The van der Waals surface area contributed by atoms with Crippen LogP contribution in [0, 0.1) is 0 Å². The molecule has 0 amide bonds. The first-order valence-corrected chi connectivity index (χ1v) is 22.7. The van der Waals surface area contributed by atoms with Gasteiger partial charge in [0.05, 0.1) is 5.41 Å². The fourth-order valence-electron chi connectivity index (χ4n) is 10.5. The monoisotopic (exact) mass is 833 g/mol. The molecular formula is C61H39NOS. The van der Waals surface area contributed by atoms with Gasteiger partial charge in [-0.3, -0.25) is 0 Å². The molecule has 13 rings (SSSR count). The van der Waals surface area contributed by atoms with E-state index in [1.807, 2.05) is 11.3 Å². The van der Waals surface area contributed by atoms with Crippen LogP contribution in [0.4, 0.5) is 17.1 Å². The number of rotatable bonds is 7. The minimum absolute atomic E-state index is 0.491. The van der Waals surface area contributed by atoms with Crippen molar-refractivity contribution < 1.29 is 4.42 Å². The highest BCUT2D eigenvalue weighted by Gasteiger charge is 2.46. The molecule has 0 spiro atoms. The van der Waals surface area contributed by atoms with Gasteiger partial charge in [0, 0.05) is 48.0 Å². The van der Waals surface area contributed by atoms with Crippen LogP contribution in [0.25, 0.3) is 75.5 Å². The van der Waals surface area contributed by atoms with Gasteiger partial charge in [-0.15, -0.1) is 11.3 Å². The van der Waals surface area contributed by atoms with E-state index in [-0.39, 0.29) is 0 Å². The van der Waals surface area contributed by atoms with Gasteiger partial charge in [-0.1, -0.05) is 170 Å². The van der Waals surface area contributed by atoms with E-state index in [4.69, 9.17) is 4.42 Å². The van der Waals surface area contributed by atoms with Crippen molar-refractivity contribution in [2.45, 2.75) is 5.41 Å². The van der Waals surface area contributed by atoms with Crippen molar-refractivity contribution in [1.82, 2.24) is 0 Å². The van der Waals surface area contributed by atoms with Crippen LogP contribution in [0.1, 0.15) is 22.3 Å². The lowest BCUT2D eigenvalue weighted by Gasteiger charge is -2.33. The molecule has 1 aliphatic carbocycles. The number of anilines is 3. The molecule has 0 fully saturated rings. The number of fused-ring (bicyclic) bond motifs is 9. The fraction of sp³-hybridized carbons (Fsp3) is 0.0164. The highest BCUT2D eigenvalue weighted by molar-refractivity contribution is 7.25. The third-order valence-corrected chi connectivity index (χ3v) is 14.5. The van der Waals surface area contributed by atoms with Crippen molar-refractivity contribution in [3.8, 4) is 33.4 Å². The van der Waals surface area contributed by atoms with Crippen LogP contribution in [-0.4, -0.2) is 0 Å². The smallest absolute Gasteiger partial charge is 0.136 e. The van der Waals surface area contributed by atoms with Crippen LogP contribution >= 0.6 is 11.3 Å². The van der Waals surface area contributed by atoms with E-state index in [1.54, 1.807) is 0 Å². The third kappa shape index (κ3) is 5.58. The topological polar surface area (TPSA) is 16.4 Å². The SMILES string of the molecule is c1ccc(-c2ccc(N(c3ccc(-c4cccc5oc6cc7c(cc6c45)-c4ccccc4C7(c4ccccc4)c4ccccc4)cc3)c3ccc4sc5ccccc5c4c3)cc2)cc1. The van der Waals surface area contributed by atoms with Crippen LogP contribution in [0.3, 0.4) is 0 Å². The first-order valence-electron chi connectivity index (χ1n) is 21.9. The number of nitrogens with zero attached hydrogens (tertiary/aromatic N) is 1. The molecule has 0 bridgehead atoms. The van der Waals surface area contributed by atoms with Crippen molar-refractivity contribution >= 4 is 70.5 Å². The highest BCUT2D eigenvalue weighted by Crippen LogP contribution is 2.57. The zero-order chi connectivity index (χ0) is 42.2. The second-order valence-corrected chi connectivity index (χ2v) is 17.9. The first kappa shape index (κ1) is 36.7. The summed E-state index contributed by atoms with van der Waals surface area (Å²) >= 11 is 1.85. The van der Waals surface area contributed by atoms with E-state index in [2.05, 4.69) is 241 Å². The Labute approximate surface area is 375 Å². The van der Waals surface area contributed by atoms with Crippen molar-refractivity contribution in [2.24, 2.45) is 0 Å². The summed E-state index contributed by atoms with van der Waals surface area (Å²) in [7, 11) is 0. The number of benzene rings is 10. The number of hydrogen-bond acceptors (Lipinski definition) is 3. The Bertz CT molecular complexity index is 3660. The second-order valence-electron chi connectivity index (χ2n) is 16.8. The molecule has 0 aliphatic heterocycles. The molecule has 0 saturated heterocycles. The summed E-state index contributed by atoms with van der Waals surface area (Å²) in [4.78, 5) is 2.38.